The second kappa shape index (κ2) is 9.64. The van der Waals surface area contributed by atoms with Crippen LogP contribution in [-0.4, -0.2) is 24.1 Å². The van der Waals surface area contributed by atoms with Gasteiger partial charge in [-0.3, -0.25) is 0 Å². The molecular formula is C16H25ClFNS. The summed E-state index contributed by atoms with van der Waals surface area (Å²) in [5, 5.41) is 3.97. The number of benzene rings is 1. The van der Waals surface area contributed by atoms with E-state index in [1.807, 2.05) is 11.8 Å². The predicted octanol–water partition coefficient (Wildman–Crippen LogP) is 4.78. The molecule has 1 nitrogen and oxygen atoms in total. The Bertz CT molecular complexity index is 398. The van der Waals surface area contributed by atoms with Crippen molar-refractivity contribution in [2.24, 2.45) is 5.92 Å². The molecule has 0 aliphatic carbocycles. The molecule has 114 valence electrons. The van der Waals surface area contributed by atoms with Crippen molar-refractivity contribution in [3.63, 3.8) is 0 Å². The van der Waals surface area contributed by atoms with Crippen molar-refractivity contribution in [2.75, 3.05) is 18.1 Å². The Morgan fingerprint density at radius 3 is 2.65 bits per heavy atom. The van der Waals surface area contributed by atoms with Gasteiger partial charge in [-0.1, -0.05) is 38.4 Å². The summed E-state index contributed by atoms with van der Waals surface area (Å²) in [6.07, 6.45) is 1.81. The molecule has 1 unspecified atom stereocenters. The van der Waals surface area contributed by atoms with Crippen LogP contribution in [-0.2, 0) is 6.42 Å². The normalized spacial score (nSPS) is 12.9. The molecule has 0 heterocycles. The highest BCUT2D eigenvalue weighted by Gasteiger charge is 2.12. The summed E-state index contributed by atoms with van der Waals surface area (Å²) in [5.74, 6) is 2.65. The number of halogens is 2. The van der Waals surface area contributed by atoms with E-state index in [0.29, 0.717) is 23.4 Å². The maximum Gasteiger partial charge on any atom is 0.127 e. The average Bonchev–Trinajstić information content (AvgIpc) is 2.38. The highest BCUT2D eigenvalue weighted by Crippen LogP contribution is 2.18. The van der Waals surface area contributed by atoms with Crippen LogP contribution in [0, 0.1) is 11.7 Å². The number of hydrogen-bond acceptors (Lipinski definition) is 2. The molecule has 1 aromatic rings. The number of nitrogens with one attached hydrogen (secondary N) is 1. The molecule has 0 saturated carbocycles. The number of thioether (sulfide) groups is 1. The van der Waals surface area contributed by atoms with Crippen LogP contribution in [0.1, 0.15) is 32.8 Å². The average molecular weight is 318 g/mol. The smallest absolute Gasteiger partial charge is 0.127 e. The first-order chi connectivity index (χ1) is 9.52. The molecule has 0 saturated heterocycles. The van der Waals surface area contributed by atoms with E-state index >= 15 is 0 Å². The van der Waals surface area contributed by atoms with Crippen molar-refractivity contribution in [1.82, 2.24) is 5.32 Å². The summed E-state index contributed by atoms with van der Waals surface area (Å²) < 4.78 is 13.9. The van der Waals surface area contributed by atoms with Gasteiger partial charge in [-0.2, -0.15) is 11.8 Å². The van der Waals surface area contributed by atoms with Crippen LogP contribution in [0.5, 0.6) is 0 Å². The molecule has 4 heteroatoms. The predicted molar refractivity (Wildman–Crippen MR) is 89.4 cm³/mol. The van der Waals surface area contributed by atoms with Gasteiger partial charge in [0.15, 0.2) is 0 Å². The highest BCUT2D eigenvalue weighted by atomic mass is 35.5. The van der Waals surface area contributed by atoms with E-state index < -0.39 is 0 Å². The maximum absolute atomic E-state index is 13.9. The van der Waals surface area contributed by atoms with E-state index in [-0.39, 0.29) is 5.82 Å². The van der Waals surface area contributed by atoms with Crippen molar-refractivity contribution in [2.45, 2.75) is 39.7 Å². The van der Waals surface area contributed by atoms with Gasteiger partial charge < -0.3 is 5.32 Å². The van der Waals surface area contributed by atoms with Gasteiger partial charge in [0.25, 0.3) is 0 Å². The fourth-order valence-electron chi connectivity index (χ4n) is 1.94. The topological polar surface area (TPSA) is 12.0 Å². The fraction of sp³-hybridized carbons (Fsp3) is 0.625. The van der Waals surface area contributed by atoms with Crippen LogP contribution >= 0.6 is 23.4 Å². The first kappa shape index (κ1) is 17.8. The SMILES string of the molecule is CCCNC(CSCC(C)C)Cc1ccc(Cl)cc1F. The lowest BCUT2D eigenvalue weighted by Crippen LogP contribution is -2.34. The van der Waals surface area contributed by atoms with Crippen molar-refractivity contribution < 1.29 is 4.39 Å². The van der Waals surface area contributed by atoms with Crippen LogP contribution in [0.25, 0.3) is 0 Å². The zero-order valence-corrected chi connectivity index (χ0v) is 14.2. The van der Waals surface area contributed by atoms with Gasteiger partial charge in [0.1, 0.15) is 5.82 Å². The van der Waals surface area contributed by atoms with Crippen LogP contribution in [0.4, 0.5) is 4.39 Å². The molecule has 0 fully saturated rings. The third-order valence-electron chi connectivity index (χ3n) is 2.93. The molecule has 1 atom stereocenters. The molecule has 1 N–H and O–H groups in total. The molecule has 0 bridgehead atoms. The van der Waals surface area contributed by atoms with Gasteiger partial charge >= 0.3 is 0 Å². The van der Waals surface area contributed by atoms with E-state index in [1.54, 1.807) is 12.1 Å². The summed E-state index contributed by atoms with van der Waals surface area (Å²) in [5.41, 5.74) is 0.744. The molecule has 0 aliphatic heterocycles. The second-order valence-electron chi connectivity index (χ2n) is 5.52. The van der Waals surface area contributed by atoms with E-state index in [2.05, 4.69) is 26.1 Å². The van der Waals surface area contributed by atoms with Crippen molar-refractivity contribution in [1.29, 1.82) is 0 Å². The molecule has 0 amide bonds. The Morgan fingerprint density at radius 2 is 2.05 bits per heavy atom. The Morgan fingerprint density at radius 1 is 1.30 bits per heavy atom. The Kier molecular flexibility index (Phi) is 8.58. The van der Waals surface area contributed by atoms with Crippen LogP contribution in [0.3, 0.4) is 0 Å². The zero-order chi connectivity index (χ0) is 15.0. The van der Waals surface area contributed by atoms with Gasteiger partial charge in [-0.05, 0) is 48.8 Å². The Balaban J connectivity index is 2.58. The molecule has 0 aromatic heterocycles. The fourth-order valence-corrected chi connectivity index (χ4v) is 3.22. The van der Waals surface area contributed by atoms with Crippen molar-refractivity contribution in [3.8, 4) is 0 Å². The zero-order valence-electron chi connectivity index (χ0n) is 12.6. The number of rotatable bonds is 9. The lowest BCUT2D eigenvalue weighted by molar-refractivity contribution is 0.530. The summed E-state index contributed by atoms with van der Waals surface area (Å²) in [6, 6.07) is 5.27. The van der Waals surface area contributed by atoms with E-state index in [9.17, 15) is 4.39 Å². The van der Waals surface area contributed by atoms with Crippen molar-refractivity contribution in [3.05, 3.63) is 34.6 Å². The van der Waals surface area contributed by atoms with E-state index in [1.165, 1.54) is 6.07 Å². The third-order valence-corrected chi connectivity index (χ3v) is 4.71. The lowest BCUT2D eigenvalue weighted by atomic mass is 10.1. The molecule has 0 aliphatic rings. The molecule has 0 radical (unpaired) electrons. The van der Waals surface area contributed by atoms with Crippen LogP contribution < -0.4 is 5.32 Å². The quantitative estimate of drug-likeness (QED) is 0.703. The molecule has 1 aromatic carbocycles. The first-order valence-electron chi connectivity index (χ1n) is 7.28. The minimum absolute atomic E-state index is 0.199. The van der Waals surface area contributed by atoms with Gasteiger partial charge in [0.05, 0.1) is 0 Å². The Hall–Kier alpha value is -0.250. The van der Waals surface area contributed by atoms with E-state index in [4.69, 9.17) is 11.6 Å². The van der Waals surface area contributed by atoms with Gasteiger partial charge in [0, 0.05) is 16.8 Å². The first-order valence-corrected chi connectivity index (χ1v) is 8.81. The summed E-state index contributed by atoms with van der Waals surface area (Å²) in [7, 11) is 0. The minimum Gasteiger partial charge on any atom is -0.313 e. The lowest BCUT2D eigenvalue weighted by Gasteiger charge is -2.19. The number of hydrogen-bond donors (Lipinski definition) is 1. The molecular weight excluding hydrogens is 293 g/mol. The summed E-state index contributed by atoms with van der Waals surface area (Å²) >= 11 is 7.73. The van der Waals surface area contributed by atoms with Crippen molar-refractivity contribution >= 4 is 23.4 Å². The monoisotopic (exact) mass is 317 g/mol. The Labute approximate surface area is 131 Å². The third kappa shape index (κ3) is 6.96. The molecule has 1 rings (SSSR count). The standard InChI is InChI=1S/C16H25ClFNS/c1-4-7-19-15(11-20-10-12(2)3)8-13-5-6-14(17)9-16(13)18/h5-6,9,12,15,19H,4,7-8,10-11H2,1-3H3. The maximum atomic E-state index is 13.9. The van der Waals surface area contributed by atoms with E-state index in [0.717, 1.165) is 30.0 Å². The molecule has 0 spiro atoms. The largest absolute Gasteiger partial charge is 0.313 e. The summed E-state index contributed by atoms with van der Waals surface area (Å²) in [6.45, 7) is 7.57. The highest BCUT2D eigenvalue weighted by molar-refractivity contribution is 7.99. The summed E-state index contributed by atoms with van der Waals surface area (Å²) in [4.78, 5) is 0. The minimum atomic E-state index is -0.199. The van der Waals surface area contributed by atoms with Gasteiger partial charge in [-0.15, -0.1) is 0 Å². The molecule has 20 heavy (non-hydrogen) atoms. The van der Waals surface area contributed by atoms with Gasteiger partial charge in [0.2, 0.25) is 0 Å². The van der Waals surface area contributed by atoms with Crippen LogP contribution in [0.2, 0.25) is 5.02 Å². The van der Waals surface area contributed by atoms with Crippen LogP contribution in [0.15, 0.2) is 18.2 Å². The second-order valence-corrected chi connectivity index (χ2v) is 7.03. The van der Waals surface area contributed by atoms with Gasteiger partial charge in [-0.25, -0.2) is 4.39 Å².